The van der Waals surface area contributed by atoms with E-state index in [0.717, 1.165) is 0 Å². The number of alkyl halides is 3. The molecule has 4 nitrogen and oxygen atoms in total. The monoisotopic (exact) mass is 209 g/mol. The van der Waals surface area contributed by atoms with E-state index in [0.29, 0.717) is 8.05 Å². The molecule has 0 amide bonds. The van der Waals surface area contributed by atoms with Gasteiger partial charge in [-0.05, 0) is 4.53 Å². The van der Waals surface area contributed by atoms with Crippen molar-refractivity contribution in [2.75, 3.05) is 6.54 Å². The number of hydrogen-bond acceptors (Lipinski definition) is 3. The van der Waals surface area contributed by atoms with Crippen molar-refractivity contribution in [2.24, 2.45) is 0 Å². The topological polar surface area (TPSA) is 46.6 Å². The maximum absolute atomic E-state index is 12.1. The van der Waals surface area contributed by atoms with E-state index in [4.69, 9.17) is 0 Å². The molecule has 72 valence electrons. The minimum atomic E-state index is -4.93. The zero-order valence-corrected chi connectivity index (χ0v) is 6.62. The third-order valence-electron chi connectivity index (χ3n) is 0.757. The zero-order valence-electron chi connectivity index (χ0n) is 5.80. The van der Waals surface area contributed by atoms with Crippen molar-refractivity contribution in [3.63, 3.8) is 0 Å². The molecule has 0 aliphatic rings. The van der Waals surface area contributed by atoms with Gasteiger partial charge in [0.1, 0.15) is 6.54 Å². The largest absolute Gasteiger partial charge is 0.405 e. The highest BCUT2D eigenvalue weighted by atomic mass is 32.2. The molecule has 0 unspecified atom stereocenters. The summed E-state index contributed by atoms with van der Waals surface area (Å²) in [4.78, 5) is 0. The summed E-state index contributed by atoms with van der Waals surface area (Å²) in [5.74, 6) is 0. The molecule has 0 atom stereocenters. The van der Waals surface area contributed by atoms with Gasteiger partial charge in [0.15, 0.2) is 0 Å². The van der Waals surface area contributed by atoms with Gasteiger partial charge in [0.2, 0.25) is 0 Å². The van der Waals surface area contributed by atoms with Gasteiger partial charge in [0.05, 0.1) is 0 Å². The second-order valence-electron chi connectivity index (χ2n) is 1.69. The molecule has 0 fully saturated rings. The Hall–Kier alpha value is -0.345. The Balaban J connectivity index is 4.34. The number of rotatable bonds is 3. The predicted octanol–water partition coefficient (Wildman–Crippen LogP) is -0.455. The Morgan fingerprint density at radius 3 is 2.08 bits per heavy atom. The van der Waals surface area contributed by atoms with Crippen LogP contribution in [0, 0.1) is 0 Å². The first-order valence-electron chi connectivity index (χ1n) is 2.50. The molecule has 0 spiro atoms. The maximum atomic E-state index is 12.1. The summed E-state index contributed by atoms with van der Waals surface area (Å²) in [6, 6.07) is 0. The molecule has 0 radical (unpaired) electrons. The summed E-state index contributed by atoms with van der Waals surface area (Å²) in [5, 5.41) is 0. The van der Waals surface area contributed by atoms with Crippen LogP contribution in [-0.2, 0) is 14.4 Å². The zero-order chi connectivity index (χ0) is 9.99. The van der Waals surface area contributed by atoms with Gasteiger partial charge in [0, 0.05) is 0 Å². The Labute approximate surface area is 66.7 Å². The fraction of sp³-hybridized carbons (Fsp3) is 1.00. The van der Waals surface area contributed by atoms with Gasteiger partial charge in [-0.15, -0.1) is 4.48 Å². The average Bonchev–Trinajstić information content (AvgIpc) is 1.84. The minimum Gasteiger partial charge on any atom is -0.330 e. The van der Waals surface area contributed by atoms with Gasteiger partial charge < -0.3 is 4.10 Å². The summed E-state index contributed by atoms with van der Waals surface area (Å²) in [5.41, 5.74) is 0. The van der Waals surface area contributed by atoms with Crippen LogP contribution in [0.1, 0.15) is 0 Å². The van der Waals surface area contributed by atoms with E-state index in [-0.39, 0.29) is 0 Å². The van der Waals surface area contributed by atoms with Crippen LogP contribution in [0.2, 0.25) is 0 Å². The van der Waals surface area contributed by atoms with Gasteiger partial charge in [-0.25, -0.2) is 0 Å². The SMILES string of the molecule is BOS(=O)(=O)N(F)CC(F)(F)F. The predicted molar refractivity (Wildman–Crippen MR) is 32.4 cm³/mol. The van der Waals surface area contributed by atoms with Gasteiger partial charge in [-0.2, -0.15) is 21.6 Å². The van der Waals surface area contributed by atoms with Crippen molar-refractivity contribution in [1.29, 1.82) is 0 Å². The molecular formula is C2H4BF4NO3S. The van der Waals surface area contributed by atoms with Crippen molar-refractivity contribution in [2.45, 2.75) is 6.18 Å². The van der Waals surface area contributed by atoms with E-state index in [2.05, 4.69) is 4.10 Å². The first kappa shape index (κ1) is 11.7. The minimum absolute atomic E-state index is 0.554. The van der Waals surface area contributed by atoms with Crippen molar-refractivity contribution in [3.05, 3.63) is 0 Å². The van der Waals surface area contributed by atoms with Crippen molar-refractivity contribution in [1.82, 2.24) is 4.53 Å². The molecule has 0 aliphatic carbocycles. The fourth-order valence-corrected chi connectivity index (χ4v) is 0.767. The van der Waals surface area contributed by atoms with Crippen molar-refractivity contribution >= 4 is 18.4 Å². The van der Waals surface area contributed by atoms with Crippen LogP contribution in [0.15, 0.2) is 0 Å². The lowest BCUT2D eigenvalue weighted by molar-refractivity contribution is -0.156. The lowest BCUT2D eigenvalue weighted by Crippen LogP contribution is -2.33. The van der Waals surface area contributed by atoms with E-state index in [9.17, 15) is 26.1 Å². The van der Waals surface area contributed by atoms with Crippen molar-refractivity contribution < 1.29 is 30.2 Å². The molecule has 0 aromatic heterocycles. The highest BCUT2D eigenvalue weighted by Crippen LogP contribution is 2.18. The van der Waals surface area contributed by atoms with Crippen LogP contribution < -0.4 is 0 Å². The summed E-state index contributed by atoms with van der Waals surface area (Å²) >= 11 is 0. The molecule has 0 rings (SSSR count). The Kier molecular flexibility index (Phi) is 3.48. The normalized spacial score (nSPS) is 13.8. The number of halogens is 4. The lowest BCUT2D eigenvalue weighted by Gasteiger charge is -2.12. The standard InChI is InChI=1S/C2H4BF4NO3S/c3-11-12(9,10)8(7)1-2(4,5)6/h1,3H2. The summed E-state index contributed by atoms with van der Waals surface area (Å²) in [6.45, 7) is -2.22. The first-order valence-corrected chi connectivity index (χ1v) is 3.86. The Morgan fingerprint density at radius 2 is 1.83 bits per heavy atom. The van der Waals surface area contributed by atoms with Gasteiger partial charge in [-0.1, -0.05) is 0 Å². The average molecular weight is 209 g/mol. The molecule has 0 aliphatic heterocycles. The summed E-state index contributed by atoms with van der Waals surface area (Å²) in [7, 11) is -4.33. The van der Waals surface area contributed by atoms with Gasteiger partial charge >= 0.3 is 16.5 Å². The molecule has 0 aromatic rings. The third-order valence-corrected chi connectivity index (χ3v) is 1.79. The quantitative estimate of drug-likeness (QED) is 0.359. The van der Waals surface area contributed by atoms with Crippen LogP contribution in [-0.4, -0.2) is 33.7 Å². The first-order chi connectivity index (χ1) is 5.19. The molecule has 0 heterocycles. The Bertz CT molecular complexity index is 237. The van der Waals surface area contributed by atoms with E-state index >= 15 is 0 Å². The molecule has 0 aromatic carbocycles. The fourth-order valence-electron chi connectivity index (χ4n) is 0.301. The summed E-state index contributed by atoms with van der Waals surface area (Å²) < 4.78 is 68.6. The Morgan fingerprint density at radius 1 is 1.42 bits per heavy atom. The smallest absolute Gasteiger partial charge is 0.330 e. The lowest BCUT2D eigenvalue weighted by atomic mass is 10.6. The van der Waals surface area contributed by atoms with Crippen LogP contribution in [0.4, 0.5) is 17.7 Å². The number of nitrogens with zero attached hydrogens (tertiary/aromatic N) is 1. The highest BCUT2D eigenvalue weighted by Gasteiger charge is 2.36. The molecule has 0 saturated heterocycles. The highest BCUT2D eigenvalue weighted by molar-refractivity contribution is 7.84. The molecular weight excluding hydrogens is 205 g/mol. The summed E-state index contributed by atoms with van der Waals surface area (Å²) in [6.07, 6.45) is -4.93. The van der Waals surface area contributed by atoms with Crippen LogP contribution in [0.3, 0.4) is 0 Å². The van der Waals surface area contributed by atoms with E-state index < -0.39 is 27.6 Å². The third kappa shape index (κ3) is 3.88. The van der Waals surface area contributed by atoms with Gasteiger partial charge in [0.25, 0.3) is 8.05 Å². The second-order valence-corrected chi connectivity index (χ2v) is 3.27. The molecule has 0 N–H and O–H groups in total. The van der Waals surface area contributed by atoms with Crippen molar-refractivity contribution in [3.8, 4) is 0 Å². The molecule has 12 heavy (non-hydrogen) atoms. The molecule has 0 saturated carbocycles. The van der Waals surface area contributed by atoms with Gasteiger partial charge in [-0.3, -0.25) is 0 Å². The van der Waals surface area contributed by atoms with E-state index in [1.54, 1.807) is 0 Å². The van der Waals surface area contributed by atoms with E-state index in [1.807, 2.05) is 0 Å². The maximum Gasteiger partial charge on any atom is 0.405 e. The van der Waals surface area contributed by atoms with Crippen LogP contribution >= 0.6 is 0 Å². The number of hydrogen-bond donors (Lipinski definition) is 0. The molecule has 0 bridgehead atoms. The van der Waals surface area contributed by atoms with Crippen LogP contribution in [0.25, 0.3) is 0 Å². The molecule has 10 heteroatoms. The second kappa shape index (κ2) is 3.58. The van der Waals surface area contributed by atoms with E-state index in [1.165, 1.54) is 0 Å². The van der Waals surface area contributed by atoms with Crippen LogP contribution in [0.5, 0.6) is 0 Å².